The quantitative estimate of drug-likeness (QED) is 0.456. The Kier molecular flexibility index (Phi) is 6.50. The molecule has 2 aromatic heterocycles. The number of unbranched alkanes of at least 4 members (excludes halogenated alkanes) is 5. The Labute approximate surface area is 163 Å². The molecule has 27 heavy (non-hydrogen) atoms. The van der Waals surface area contributed by atoms with Gasteiger partial charge < -0.3 is 9.84 Å². The fourth-order valence-corrected chi connectivity index (χ4v) is 4.17. The number of rotatable bonds is 10. The molecule has 0 atom stereocenters. The maximum Gasteiger partial charge on any atom is 0.356 e. The second kappa shape index (κ2) is 9.04. The summed E-state index contributed by atoms with van der Waals surface area (Å²) >= 11 is 1.43. The molecule has 0 aliphatic carbocycles. The van der Waals surface area contributed by atoms with Crippen molar-refractivity contribution in [1.29, 1.82) is 0 Å². The van der Waals surface area contributed by atoms with Gasteiger partial charge in [0.05, 0.1) is 12.8 Å². The van der Waals surface area contributed by atoms with Gasteiger partial charge in [-0.05, 0) is 30.5 Å². The van der Waals surface area contributed by atoms with E-state index in [0.29, 0.717) is 4.96 Å². The number of imidazole rings is 1. The minimum absolute atomic E-state index is 0.0605. The van der Waals surface area contributed by atoms with Crippen LogP contribution in [0.25, 0.3) is 16.2 Å². The summed E-state index contributed by atoms with van der Waals surface area (Å²) in [5.74, 6) is -0.229. The molecular weight excluding hydrogens is 360 g/mol. The molecule has 1 N–H and O–H groups in total. The number of fused-ring (bicyclic) bond motifs is 1. The first-order valence-corrected chi connectivity index (χ1v) is 10.4. The van der Waals surface area contributed by atoms with Crippen LogP contribution >= 0.6 is 11.3 Å². The van der Waals surface area contributed by atoms with Crippen LogP contribution in [-0.4, -0.2) is 27.6 Å². The molecule has 5 nitrogen and oxygen atoms in total. The first-order chi connectivity index (χ1) is 13.1. The van der Waals surface area contributed by atoms with Crippen molar-refractivity contribution in [3.8, 4) is 17.0 Å². The molecule has 3 rings (SSSR count). The normalized spacial score (nSPS) is 11.2. The minimum atomic E-state index is -1.01. The summed E-state index contributed by atoms with van der Waals surface area (Å²) in [6.45, 7) is 2.24. The number of hydrogen-bond acceptors (Lipinski definition) is 4. The molecule has 3 aromatic rings. The predicted octanol–water partition coefficient (Wildman–Crippen LogP) is 5.67. The third-order valence-electron chi connectivity index (χ3n) is 4.79. The molecule has 0 spiro atoms. The zero-order valence-corrected chi connectivity index (χ0v) is 16.7. The van der Waals surface area contributed by atoms with E-state index >= 15 is 0 Å². The average molecular weight is 387 g/mol. The Morgan fingerprint density at radius 3 is 2.74 bits per heavy atom. The van der Waals surface area contributed by atoms with Gasteiger partial charge in [0.25, 0.3) is 0 Å². The highest BCUT2D eigenvalue weighted by atomic mass is 32.1. The van der Waals surface area contributed by atoms with Crippen LogP contribution < -0.4 is 4.74 Å². The van der Waals surface area contributed by atoms with Gasteiger partial charge in [-0.25, -0.2) is 9.78 Å². The second-order valence-corrected chi connectivity index (χ2v) is 7.59. The van der Waals surface area contributed by atoms with Crippen LogP contribution in [0.3, 0.4) is 0 Å². The molecule has 6 heteroatoms. The van der Waals surface area contributed by atoms with Gasteiger partial charge in [-0.15, -0.1) is 11.3 Å². The maximum atomic E-state index is 11.2. The molecule has 2 heterocycles. The van der Waals surface area contributed by atoms with Gasteiger partial charge in [0, 0.05) is 17.1 Å². The van der Waals surface area contributed by atoms with Crippen LogP contribution in [0.15, 0.2) is 29.8 Å². The largest absolute Gasteiger partial charge is 0.496 e. The number of carboxylic acid groups (broad SMARTS) is 1. The van der Waals surface area contributed by atoms with Crippen LogP contribution in [0.2, 0.25) is 0 Å². The lowest BCUT2D eigenvalue weighted by Gasteiger charge is -2.10. The third kappa shape index (κ3) is 4.50. The van der Waals surface area contributed by atoms with Crippen molar-refractivity contribution >= 4 is 22.3 Å². The topological polar surface area (TPSA) is 63.8 Å². The molecule has 0 unspecified atom stereocenters. The fraction of sp³-hybridized carbons (Fsp3) is 0.429. The highest BCUT2D eigenvalue weighted by molar-refractivity contribution is 7.15. The highest BCUT2D eigenvalue weighted by Crippen LogP contribution is 2.34. The lowest BCUT2D eigenvalue weighted by atomic mass is 10.0. The summed E-state index contributed by atoms with van der Waals surface area (Å²) < 4.78 is 7.39. The van der Waals surface area contributed by atoms with Gasteiger partial charge >= 0.3 is 5.97 Å². The highest BCUT2D eigenvalue weighted by Gasteiger charge is 2.16. The van der Waals surface area contributed by atoms with E-state index < -0.39 is 5.97 Å². The number of hydrogen-bond donors (Lipinski definition) is 1. The first kappa shape index (κ1) is 19.4. The number of carboxylic acids is 1. The maximum absolute atomic E-state index is 11.2. The summed E-state index contributed by atoms with van der Waals surface area (Å²) in [6, 6.07) is 6.28. The molecule has 0 aliphatic rings. The first-order valence-electron chi connectivity index (χ1n) is 9.51. The predicted molar refractivity (Wildman–Crippen MR) is 109 cm³/mol. The van der Waals surface area contributed by atoms with Crippen molar-refractivity contribution in [1.82, 2.24) is 9.38 Å². The SMILES string of the molecule is CCCCCCCCc1ccc(OC)c(-c2csc3nc(C(=O)O)cn23)c1. The zero-order valence-electron chi connectivity index (χ0n) is 15.9. The van der Waals surface area contributed by atoms with Crippen LogP contribution in [0.5, 0.6) is 5.75 Å². The molecule has 0 saturated heterocycles. The molecule has 0 aliphatic heterocycles. The number of methoxy groups -OCH3 is 1. The van der Waals surface area contributed by atoms with E-state index in [1.807, 2.05) is 15.8 Å². The van der Waals surface area contributed by atoms with Gasteiger partial charge in [-0.1, -0.05) is 45.1 Å². The molecule has 0 bridgehead atoms. The fourth-order valence-electron chi connectivity index (χ4n) is 3.30. The standard InChI is InChI=1S/C21H26N2O3S/c1-3-4-5-6-7-8-9-15-10-11-19(26-2)16(12-15)18-14-27-21-22-17(20(24)25)13-23(18)21/h10-14H,3-9H2,1-2H3,(H,24,25). The number of ether oxygens (including phenoxy) is 1. The summed E-state index contributed by atoms with van der Waals surface area (Å²) in [6.07, 6.45) is 10.3. The molecule has 1 aromatic carbocycles. The Bertz CT molecular complexity index is 913. The summed E-state index contributed by atoms with van der Waals surface area (Å²) in [5.41, 5.74) is 3.22. The monoisotopic (exact) mass is 386 g/mol. The van der Waals surface area contributed by atoms with Crippen LogP contribution in [0.4, 0.5) is 0 Å². The van der Waals surface area contributed by atoms with Crippen molar-refractivity contribution in [3.63, 3.8) is 0 Å². The van der Waals surface area contributed by atoms with Gasteiger partial charge in [0.1, 0.15) is 5.75 Å². The Hall–Kier alpha value is -2.34. The number of benzene rings is 1. The van der Waals surface area contributed by atoms with E-state index in [1.165, 1.54) is 55.4 Å². The van der Waals surface area contributed by atoms with Crippen molar-refractivity contribution in [3.05, 3.63) is 41.0 Å². The lowest BCUT2D eigenvalue weighted by Crippen LogP contribution is -1.96. The molecule has 0 amide bonds. The second-order valence-electron chi connectivity index (χ2n) is 6.76. The number of aromatic nitrogens is 2. The number of nitrogens with zero attached hydrogens (tertiary/aromatic N) is 2. The van der Waals surface area contributed by atoms with Gasteiger partial charge in [0.2, 0.25) is 0 Å². The molecule has 0 saturated carbocycles. The third-order valence-corrected chi connectivity index (χ3v) is 5.63. The molecular formula is C21H26N2O3S. The number of carbonyl (C=O) groups is 1. The van der Waals surface area contributed by atoms with E-state index in [0.717, 1.165) is 23.4 Å². The summed E-state index contributed by atoms with van der Waals surface area (Å²) in [7, 11) is 1.66. The molecule has 0 fully saturated rings. The van der Waals surface area contributed by atoms with Crippen molar-refractivity contribution in [2.24, 2.45) is 0 Å². The van der Waals surface area contributed by atoms with Gasteiger partial charge in [-0.2, -0.15) is 0 Å². The smallest absolute Gasteiger partial charge is 0.356 e. The minimum Gasteiger partial charge on any atom is -0.496 e. The van der Waals surface area contributed by atoms with Crippen molar-refractivity contribution in [2.75, 3.05) is 7.11 Å². The molecule has 0 radical (unpaired) electrons. The zero-order chi connectivity index (χ0) is 19.2. The van der Waals surface area contributed by atoms with Gasteiger partial charge in [-0.3, -0.25) is 4.40 Å². The molecule has 144 valence electrons. The van der Waals surface area contributed by atoms with E-state index in [9.17, 15) is 9.90 Å². The lowest BCUT2D eigenvalue weighted by molar-refractivity contribution is 0.0691. The van der Waals surface area contributed by atoms with Crippen LogP contribution in [0, 0.1) is 0 Å². The van der Waals surface area contributed by atoms with Gasteiger partial charge in [0.15, 0.2) is 10.7 Å². The average Bonchev–Trinajstić information content (AvgIpc) is 3.25. The van der Waals surface area contributed by atoms with Crippen molar-refractivity contribution < 1.29 is 14.6 Å². The van der Waals surface area contributed by atoms with Crippen LogP contribution in [0.1, 0.15) is 61.5 Å². The number of thiazole rings is 1. The Morgan fingerprint density at radius 2 is 2.00 bits per heavy atom. The van der Waals surface area contributed by atoms with E-state index in [-0.39, 0.29) is 5.69 Å². The Balaban J connectivity index is 1.81. The number of aryl methyl sites for hydroxylation is 1. The van der Waals surface area contributed by atoms with E-state index in [1.54, 1.807) is 13.3 Å². The summed E-state index contributed by atoms with van der Waals surface area (Å²) in [4.78, 5) is 16.0. The Morgan fingerprint density at radius 1 is 1.22 bits per heavy atom. The van der Waals surface area contributed by atoms with E-state index in [2.05, 4.69) is 24.0 Å². The number of aromatic carboxylic acids is 1. The van der Waals surface area contributed by atoms with Crippen molar-refractivity contribution in [2.45, 2.75) is 51.9 Å². The van der Waals surface area contributed by atoms with Crippen LogP contribution in [-0.2, 0) is 6.42 Å². The summed E-state index contributed by atoms with van der Waals surface area (Å²) in [5, 5.41) is 11.2. The van der Waals surface area contributed by atoms with E-state index in [4.69, 9.17) is 4.74 Å².